The predicted molar refractivity (Wildman–Crippen MR) is 108 cm³/mol. The minimum absolute atomic E-state index is 0.444. The van der Waals surface area contributed by atoms with E-state index in [9.17, 15) is 15.0 Å². The molecular formula is C22H28O6. The van der Waals surface area contributed by atoms with Gasteiger partial charge in [-0.2, -0.15) is 0 Å². The highest BCUT2D eigenvalue weighted by Crippen LogP contribution is 2.38. The van der Waals surface area contributed by atoms with E-state index in [0.29, 0.717) is 11.5 Å². The van der Waals surface area contributed by atoms with E-state index in [2.05, 4.69) is 0 Å². The summed E-state index contributed by atoms with van der Waals surface area (Å²) in [6.07, 6.45) is 12.6. The molecule has 2 heterocycles. The molecule has 1 saturated heterocycles. The Bertz CT molecular complexity index is 858. The van der Waals surface area contributed by atoms with Crippen LogP contribution in [-0.2, 0) is 4.74 Å². The molecule has 1 aromatic heterocycles. The first kappa shape index (κ1) is 21.9. The van der Waals surface area contributed by atoms with Gasteiger partial charge in [0.15, 0.2) is 0 Å². The minimum Gasteiger partial charge on any atom is -0.496 e. The molecule has 0 bridgehead atoms. The second kappa shape index (κ2) is 8.73. The highest BCUT2D eigenvalue weighted by atomic mass is 16.6. The number of allylic oxidation sites excluding steroid dienone is 6. The summed E-state index contributed by atoms with van der Waals surface area (Å²) in [4.78, 5) is 11.5. The number of hydrogen-bond donors (Lipinski definition) is 2. The summed E-state index contributed by atoms with van der Waals surface area (Å²) in [7, 11) is 1.51. The van der Waals surface area contributed by atoms with Crippen molar-refractivity contribution in [2.24, 2.45) is 0 Å². The van der Waals surface area contributed by atoms with E-state index < -0.39 is 29.0 Å². The summed E-state index contributed by atoms with van der Waals surface area (Å²) in [6.45, 7) is 6.86. The molecular weight excluding hydrogens is 360 g/mol. The van der Waals surface area contributed by atoms with Crippen LogP contribution in [0.2, 0.25) is 0 Å². The molecule has 0 spiro atoms. The topological polar surface area (TPSA) is 89.1 Å². The molecule has 2 N–H and O–H groups in total. The summed E-state index contributed by atoms with van der Waals surface area (Å²) < 4.78 is 16.0. The Morgan fingerprint density at radius 2 is 1.75 bits per heavy atom. The summed E-state index contributed by atoms with van der Waals surface area (Å²) in [5.41, 5.74) is -1.95. The Balaban J connectivity index is 1.96. The lowest BCUT2D eigenvalue weighted by atomic mass is 9.87. The normalized spacial score (nSPS) is 31.1. The molecule has 2 rings (SSSR count). The molecule has 0 aliphatic carbocycles. The van der Waals surface area contributed by atoms with Crippen molar-refractivity contribution in [1.82, 2.24) is 0 Å². The van der Waals surface area contributed by atoms with Crippen LogP contribution in [0.4, 0.5) is 0 Å². The van der Waals surface area contributed by atoms with Gasteiger partial charge in [0.1, 0.15) is 28.8 Å². The summed E-state index contributed by atoms with van der Waals surface area (Å²) in [6, 6.07) is 1.31. The maximum Gasteiger partial charge on any atom is 0.339 e. The SMILES string of the molecule is COc1cc(=O)oc(/C=C/C=C/C=C/C=C/[C@]2(C)O[C@H](C)[C@](C)(O)[C@H]2O)c1C. The van der Waals surface area contributed by atoms with Crippen LogP contribution in [0.25, 0.3) is 6.08 Å². The largest absolute Gasteiger partial charge is 0.496 e. The smallest absolute Gasteiger partial charge is 0.339 e. The van der Waals surface area contributed by atoms with Gasteiger partial charge in [0.2, 0.25) is 0 Å². The zero-order chi connectivity index (χ0) is 20.9. The van der Waals surface area contributed by atoms with Gasteiger partial charge >= 0.3 is 5.63 Å². The molecule has 6 nitrogen and oxygen atoms in total. The molecule has 1 aliphatic heterocycles. The van der Waals surface area contributed by atoms with Crippen LogP contribution in [0.3, 0.4) is 0 Å². The van der Waals surface area contributed by atoms with Crippen molar-refractivity contribution >= 4 is 6.08 Å². The Morgan fingerprint density at radius 3 is 2.32 bits per heavy atom. The van der Waals surface area contributed by atoms with Crippen LogP contribution >= 0.6 is 0 Å². The molecule has 0 aromatic carbocycles. The average Bonchev–Trinajstić information content (AvgIpc) is 2.79. The zero-order valence-corrected chi connectivity index (χ0v) is 16.9. The lowest BCUT2D eigenvalue weighted by Crippen LogP contribution is -2.47. The van der Waals surface area contributed by atoms with E-state index in [1.807, 2.05) is 19.1 Å². The van der Waals surface area contributed by atoms with Gasteiger partial charge in [-0.1, -0.05) is 42.5 Å². The molecule has 152 valence electrons. The third-order valence-corrected chi connectivity index (χ3v) is 5.00. The van der Waals surface area contributed by atoms with Gasteiger partial charge in [-0.05, 0) is 33.8 Å². The van der Waals surface area contributed by atoms with Crippen molar-refractivity contribution < 1.29 is 24.1 Å². The van der Waals surface area contributed by atoms with Gasteiger partial charge in [0.05, 0.1) is 19.3 Å². The predicted octanol–water partition coefficient (Wildman–Crippen LogP) is 2.93. The fraction of sp³-hybridized carbons (Fsp3) is 0.409. The minimum atomic E-state index is -1.29. The molecule has 1 aromatic rings. The molecule has 0 amide bonds. The Labute approximate surface area is 165 Å². The number of rotatable bonds is 6. The zero-order valence-electron chi connectivity index (χ0n) is 16.9. The monoisotopic (exact) mass is 388 g/mol. The van der Waals surface area contributed by atoms with E-state index in [-0.39, 0.29) is 0 Å². The number of ether oxygens (including phenoxy) is 2. The summed E-state index contributed by atoms with van der Waals surface area (Å²) in [5, 5.41) is 20.5. The van der Waals surface area contributed by atoms with Crippen molar-refractivity contribution in [3.63, 3.8) is 0 Å². The first-order valence-corrected chi connectivity index (χ1v) is 9.08. The quantitative estimate of drug-likeness (QED) is 0.729. The second-order valence-electron chi connectivity index (χ2n) is 7.18. The van der Waals surface area contributed by atoms with Gasteiger partial charge in [-0.3, -0.25) is 0 Å². The third kappa shape index (κ3) is 4.70. The van der Waals surface area contributed by atoms with Crippen molar-refractivity contribution in [2.45, 2.75) is 51.1 Å². The Hall–Kier alpha value is -2.41. The van der Waals surface area contributed by atoms with Gasteiger partial charge < -0.3 is 24.1 Å². The Morgan fingerprint density at radius 1 is 1.14 bits per heavy atom. The lowest BCUT2D eigenvalue weighted by molar-refractivity contribution is -0.0579. The fourth-order valence-electron chi connectivity index (χ4n) is 3.07. The van der Waals surface area contributed by atoms with Crippen LogP contribution < -0.4 is 10.4 Å². The van der Waals surface area contributed by atoms with Gasteiger partial charge in [-0.25, -0.2) is 4.79 Å². The number of methoxy groups -OCH3 is 1. The summed E-state index contributed by atoms with van der Waals surface area (Å²) in [5.74, 6) is 0.933. The standard InChI is InChI=1S/C22H28O6/c1-15-17(27-19(23)14-18(15)26-5)12-10-8-6-7-9-11-13-21(3)20(24)22(4,25)16(2)28-21/h6-14,16,20,24-25H,1-5H3/b8-6+,9-7+,12-10+,13-11+/t16-,20+,21+,22+/m1/s1. The van der Waals surface area contributed by atoms with Crippen LogP contribution in [-0.4, -0.2) is 40.7 Å². The molecule has 0 radical (unpaired) electrons. The molecule has 0 saturated carbocycles. The van der Waals surface area contributed by atoms with Crippen molar-refractivity contribution in [3.8, 4) is 5.75 Å². The van der Waals surface area contributed by atoms with Gasteiger partial charge in [0, 0.05) is 5.56 Å². The third-order valence-electron chi connectivity index (χ3n) is 5.00. The molecule has 4 atom stereocenters. The van der Waals surface area contributed by atoms with Crippen molar-refractivity contribution in [2.75, 3.05) is 7.11 Å². The van der Waals surface area contributed by atoms with Crippen molar-refractivity contribution in [1.29, 1.82) is 0 Å². The summed E-state index contributed by atoms with van der Waals surface area (Å²) >= 11 is 0. The number of hydrogen-bond acceptors (Lipinski definition) is 6. The van der Waals surface area contributed by atoms with Crippen LogP contribution in [0.15, 0.2) is 57.8 Å². The second-order valence-corrected chi connectivity index (χ2v) is 7.18. The highest BCUT2D eigenvalue weighted by molar-refractivity contribution is 5.52. The first-order valence-electron chi connectivity index (χ1n) is 9.08. The van der Waals surface area contributed by atoms with Gasteiger partial charge in [0.25, 0.3) is 0 Å². The fourth-order valence-corrected chi connectivity index (χ4v) is 3.07. The molecule has 1 aliphatic rings. The van der Waals surface area contributed by atoms with E-state index in [4.69, 9.17) is 13.9 Å². The molecule has 0 unspecified atom stereocenters. The highest BCUT2D eigenvalue weighted by Gasteiger charge is 2.55. The van der Waals surface area contributed by atoms with E-state index >= 15 is 0 Å². The molecule has 6 heteroatoms. The first-order chi connectivity index (χ1) is 13.1. The Kier molecular flexibility index (Phi) is 6.82. The average molecular weight is 388 g/mol. The van der Waals surface area contributed by atoms with E-state index in [1.54, 1.807) is 57.2 Å². The van der Waals surface area contributed by atoms with Crippen molar-refractivity contribution in [3.05, 3.63) is 70.3 Å². The van der Waals surface area contributed by atoms with E-state index in [0.717, 1.165) is 5.56 Å². The molecule has 1 fully saturated rings. The maximum absolute atomic E-state index is 11.5. The van der Waals surface area contributed by atoms with Gasteiger partial charge in [-0.15, -0.1) is 0 Å². The number of aliphatic hydroxyl groups excluding tert-OH is 1. The van der Waals surface area contributed by atoms with Crippen LogP contribution in [0, 0.1) is 6.92 Å². The maximum atomic E-state index is 11.5. The van der Waals surface area contributed by atoms with Crippen LogP contribution in [0.5, 0.6) is 5.75 Å². The van der Waals surface area contributed by atoms with Crippen LogP contribution in [0.1, 0.15) is 32.1 Å². The molecule has 28 heavy (non-hydrogen) atoms. The lowest BCUT2D eigenvalue weighted by Gasteiger charge is -2.27. The van der Waals surface area contributed by atoms with E-state index in [1.165, 1.54) is 13.2 Å². The number of aliphatic hydroxyl groups is 2.